The number of hydrogen-bond donors (Lipinski definition) is 0. The molecule has 136 valence electrons. The molecule has 1 heterocycles. The van der Waals surface area contributed by atoms with Gasteiger partial charge >= 0.3 is 12.1 Å². The molecular weight excluding hydrogens is 344 g/mol. The fourth-order valence-corrected chi connectivity index (χ4v) is 2.02. The lowest BCUT2D eigenvalue weighted by Crippen LogP contribution is -2.08. The van der Waals surface area contributed by atoms with Crippen molar-refractivity contribution in [1.29, 1.82) is 0 Å². The van der Waals surface area contributed by atoms with Crippen LogP contribution in [0.1, 0.15) is 42.9 Å². The summed E-state index contributed by atoms with van der Waals surface area (Å²) in [4.78, 5) is 15.2. The van der Waals surface area contributed by atoms with Crippen LogP contribution in [-0.2, 0) is 10.9 Å². The topological polar surface area (TPSA) is 65.2 Å². The van der Waals surface area contributed by atoms with Gasteiger partial charge in [-0.1, -0.05) is 11.2 Å². The summed E-state index contributed by atoms with van der Waals surface area (Å²) in [5.74, 6) is -3.20. The van der Waals surface area contributed by atoms with Gasteiger partial charge in [-0.25, -0.2) is 4.39 Å². The van der Waals surface area contributed by atoms with E-state index in [9.17, 15) is 22.4 Å². The van der Waals surface area contributed by atoms with E-state index < -0.39 is 29.5 Å². The Morgan fingerprint density at radius 1 is 1.32 bits per heavy atom. The summed E-state index contributed by atoms with van der Waals surface area (Å²) in [5, 5.41) is 3.17. The van der Waals surface area contributed by atoms with E-state index in [0.29, 0.717) is 13.0 Å². The van der Waals surface area contributed by atoms with Crippen molar-refractivity contribution in [3.63, 3.8) is 0 Å². The zero-order valence-electron chi connectivity index (χ0n) is 13.6. The number of nitrogens with zero attached hydrogens (tertiary/aromatic N) is 2. The Kier molecular flexibility index (Phi) is 5.89. The first-order valence-electron chi connectivity index (χ1n) is 7.54. The molecule has 2 aromatic rings. The molecular formula is C16H16F4N2O3. The van der Waals surface area contributed by atoms with Crippen molar-refractivity contribution in [2.24, 2.45) is 0 Å². The second-order valence-corrected chi connectivity index (χ2v) is 5.56. The van der Waals surface area contributed by atoms with Crippen LogP contribution >= 0.6 is 0 Å². The van der Waals surface area contributed by atoms with E-state index >= 15 is 0 Å². The van der Waals surface area contributed by atoms with E-state index in [-0.39, 0.29) is 23.7 Å². The Morgan fingerprint density at radius 3 is 2.60 bits per heavy atom. The van der Waals surface area contributed by atoms with Gasteiger partial charge in [-0.05, 0) is 32.4 Å². The van der Waals surface area contributed by atoms with E-state index in [1.54, 1.807) is 0 Å². The molecule has 0 radical (unpaired) electrons. The minimum absolute atomic E-state index is 0.0172. The highest BCUT2D eigenvalue weighted by molar-refractivity contribution is 5.96. The van der Waals surface area contributed by atoms with Gasteiger partial charge < -0.3 is 9.26 Å². The van der Waals surface area contributed by atoms with E-state index in [0.717, 1.165) is 6.07 Å². The number of hydrogen-bond acceptors (Lipinski definition) is 5. The summed E-state index contributed by atoms with van der Waals surface area (Å²) in [5.41, 5.74) is -0.163. The van der Waals surface area contributed by atoms with Crippen molar-refractivity contribution in [2.75, 3.05) is 6.61 Å². The summed E-state index contributed by atoms with van der Waals surface area (Å²) < 4.78 is 60.8. The first kappa shape index (κ1) is 19.0. The standard InChI is InChI=1S/C16H16F4N2O3/c1-9(2)24-7-3-4-13(23)11-6-5-10(8-12(11)17)14-21-15(25-22-14)16(18,19)20/h5-6,8-9H,3-4,7H2,1-2H3. The van der Waals surface area contributed by atoms with Gasteiger partial charge in [-0.3, -0.25) is 4.79 Å². The molecule has 1 aromatic heterocycles. The van der Waals surface area contributed by atoms with Crippen LogP contribution in [-0.4, -0.2) is 28.6 Å². The molecule has 0 amide bonds. The summed E-state index contributed by atoms with van der Waals surface area (Å²) in [7, 11) is 0. The molecule has 0 atom stereocenters. The number of carbonyl (C=O) groups is 1. The Labute approximate surface area is 141 Å². The maximum Gasteiger partial charge on any atom is 0.471 e. The quantitative estimate of drug-likeness (QED) is 0.419. The molecule has 0 aliphatic rings. The average Bonchev–Trinajstić information content (AvgIpc) is 3.01. The Balaban J connectivity index is 2.07. The third-order valence-corrected chi connectivity index (χ3v) is 3.20. The molecule has 0 aliphatic heterocycles. The molecule has 0 fully saturated rings. The number of halogens is 4. The molecule has 25 heavy (non-hydrogen) atoms. The summed E-state index contributed by atoms with van der Waals surface area (Å²) in [6.45, 7) is 4.11. The fourth-order valence-electron chi connectivity index (χ4n) is 2.02. The number of ether oxygens (including phenoxy) is 1. The normalized spacial score (nSPS) is 12.0. The highest BCUT2D eigenvalue weighted by Crippen LogP contribution is 2.29. The summed E-state index contributed by atoms with van der Waals surface area (Å²) >= 11 is 0. The van der Waals surface area contributed by atoms with Gasteiger partial charge in [0.1, 0.15) is 5.82 Å². The summed E-state index contributed by atoms with van der Waals surface area (Å²) in [6, 6.07) is 3.37. The van der Waals surface area contributed by atoms with Crippen molar-refractivity contribution in [1.82, 2.24) is 10.1 Å². The van der Waals surface area contributed by atoms with Crippen LogP contribution in [0, 0.1) is 5.82 Å². The van der Waals surface area contributed by atoms with Crippen LogP contribution in [0.4, 0.5) is 17.6 Å². The SMILES string of the molecule is CC(C)OCCCC(=O)c1ccc(-c2noc(C(F)(F)F)n2)cc1F. The highest BCUT2D eigenvalue weighted by Gasteiger charge is 2.38. The van der Waals surface area contributed by atoms with Crippen LogP contribution in [0.3, 0.4) is 0 Å². The van der Waals surface area contributed by atoms with Gasteiger partial charge in [-0.15, -0.1) is 0 Å². The second kappa shape index (κ2) is 7.73. The minimum atomic E-state index is -4.78. The molecule has 0 saturated heterocycles. The molecule has 9 heteroatoms. The van der Waals surface area contributed by atoms with Gasteiger partial charge in [-0.2, -0.15) is 18.2 Å². The molecule has 0 bridgehead atoms. The first-order chi connectivity index (χ1) is 11.7. The summed E-state index contributed by atoms with van der Waals surface area (Å²) in [6.07, 6.45) is -4.19. The largest absolute Gasteiger partial charge is 0.471 e. The zero-order valence-corrected chi connectivity index (χ0v) is 13.6. The lowest BCUT2D eigenvalue weighted by atomic mass is 10.0. The van der Waals surface area contributed by atoms with Crippen LogP contribution in [0.15, 0.2) is 22.7 Å². The number of rotatable bonds is 7. The number of ketones is 1. The predicted octanol–water partition coefficient (Wildman–Crippen LogP) is 4.28. The Hall–Kier alpha value is -2.29. The van der Waals surface area contributed by atoms with Crippen molar-refractivity contribution < 1.29 is 31.6 Å². The van der Waals surface area contributed by atoms with Gasteiger partial charge in [0.05, 0.1) is 11.7 Å². The Bertz CT molecular complexity index is 741. The van der Waals surface area contributed by atoms with E-state index in [1.165, 1.54) is 12.1 Å². The third-order valence-electron chi connectivity index (χ3n) is 3.20. The second-order valence-electron chi connectivity index (χ2n) is 5.56. The third kappa shape index (κ3) is 5.09. The highest BCUT2D eigenvalue weighted by atomic mass is 19.4. The molecule has 0 saturated carbocycles. The van der Waals surface area contributed by atoms with Crippen LogP contribution in [0.25, 0.3) is 11.4 Å². The number of benzene rings is 1. The van der Waals surface area contributed by atoms with Crippen molar-refractivity contribution >= 4 is 5.78 Å². The first-order valence-corrected chi connectivity index (χ1v) is 7.54. The maximum absolute atomic E-state index is 14.1. The predicted molar refractivity (Wildman–Crippen MR) is 79.3 cm³/mol. The van der Waals surface area contributed by atoms with Crippen molar-refractivity contribution in [3.05, 3.63) is 35.5 Å². The Morgan fingerprint density at radius 2 is 2.04 bits per heavy atom. The monoisotopic (exact) mass is 360 g/mol. The van der Waals surface area contributed by atoms with E-state index in [1.807, 2.05) is 13.8 Å². The molecule has 5 nitrogen and oxygen atoms in total. The van der Waals surface area contributed by atoms with Gasteiger partial charge in [0.25, 0.3) is 0 Å². The molecule has 1 aromatic carbocycles. The molecule has 0 N–H and O–H groups in total. The van der Waals surface area contributed by atoms with Crippen LogP contribution in [0.5, 0.6) is 0 Å². The minimum Gasteiger partial charge on any atom is -0.379 e. The molecule has 0 aliphatic carbocycles. The van der Waals surface area contributed by atoms with E-state index in [2.05, 4.69) is 14.7 Å². The zero-order chi connectivity index (χ0) is 18.6. The number of alkyl halides is 3. The lowest BCUT2D eigenvalue weighted by Gasteiger charge is -2.07. The van der Waals surface area contributed by atoms with E-state index in [4.69, 9.17) is 4.74 Å². The fraction of sp³-hybridized carbons (Fsp3) is 0.438. The van der Waals surface area contributed by atoms with Gasteiger partial charge in [0.15, 0.2) is 5.78 Å². The number of aromatic nitrogens is 2. The van der Waals surface area contributed by atoms with Crippen molar-refractivity contribution in [2.45, 2.75) is 39.0 Å². The maximum atomic E-state index is 14.1. The van der Waals surface area contributed by atoms with Crippen molar-refractivity contribution in [3.8, 4) is 11.4 Å². The number of carbonyl (C=O) groups excluding carboxylic acids is 1. The smallest absolute Gasteiger partial charge is 0.379 e. The van der Waals surface area contributed by atoms with Crippen LogP contribution in [0.2, 0.25) is 0 Å². The van der Waals surface area contributed by atoms with Crippen LogP contribution < -0.4 is 0 Å². The molecule has 0 spiro atoms. The lowest BCUT2D eigenvalue weighted by molar-refractivity contribution is -0.159. The average molecular weight is 360 g/mol. The molecule has 0 unspecified atom stereocenters. The van der Waals surface area contributed by atoms with Gasteiger partial charge in [0, 0.05) is 18.6 Å². The number of Topliss-reactive ketones (excluding diaryl/α,β-unsaturated/α-hetero) is 1. The molecule has 2 rings (SSSR count). The van der Waals surface area contributed by atoms with Gasteiger partial charge in [0.2, 0.25) is 5.82 Å².